The molecule has 1 fully saturated rings. The molecule has 0 saturated heterocycles. The van der Waals surface area contributed by atoms with Gasteiger partial charge >= 0.3 is 18.3 Å². The van der Waals surface area contributed by atoms with Crippen LogP contribution in [-0.4, -0.2) is 42.9 Å². The van der Waals surface area contributed by atoms with Crippen molar-refractivity contribution in [1.29, 1.82) is 0 Å². The number of imidazole rings is 1. The van der Waals surface area contributed by atoms with Gasteiger partial charge in [0.15, 0.2) is 22.7 Å². The highest BCUT2D eigenvalue weighted by molar-refractivity contribution is 6.35. The van der Waals surface area contributed by atoms with Crippen LogP contribution < -0.4 is 20.7 Å². The second kappa shape index (κ2) is 12.1. The Hall–Kier alpha value is -3.97. The normalized spacial score (nSPS) is 13.9. The molecule has 0 spiro atoms. The highest BCUT2D eigenvalue weighted by Crippen LogP contribution is 2.37. The van der Waals surface area contributed by atoms with Gasteiger partial charge in [-0.15, -0.1) is 0 Å². The summed E-state index contributed by atoms with van der Waals surface area (Å²) in [7, 11) is 3.02. The van der Waals surface area contributed by atoms with Crippen molar-refractivity contribution in [3.05, 3.63) is 78.9 Å². The van der Waals surface area contributed by atoms with E-state index in [0.29, 0.717) is 23.7 Å². The van der Waals surface area contributed by atoms with Crippen LogP contribution in [0.5, 0.6) is 11.5 Å². The fourth-order valence-corrected chi connectivity index (χ4v) is 4.95. The number of benzene rings is 1. The molecule has 0 N–H and O–H groups in total. The summed E-state index contributed by atoms with van der Waals surface area (Å²) in [6.07, 6.45) is 4.93. The van der Waals surface area contributed by atoms with Gasteiger partial charge in [0.2, 0.25) is 0 Å². The van der Waals surface area contributed by atoms with Gasteiger partial charge < -0.3 is 18.8 Å². The molecule has 1 atom stereocenters. The minimum absolute atomic E-state index is 0.0411. The number of ether oxygens (including phenoxy) is 3. The number of carbonyl (C=O) groups excluding carboxylic acids is 1. The van der Waals surface area contributed by atoms with Crippen LogP contribution in [-0.2, 0) is 36.6 Å². The van der Waals surface area contributed by atoms with E-state index in [2.05, 4.69) is 14.7 Å². The van der Waals surface area contributed by atoms with Gasteiger partial charge in [-0.25, -0.2) is 14.3 Å². The number of esters is 1. The van der Waals surface area contributed by atoms with Gasteiger partial charge in [-0.2, -0.15) is 8.78 Å². The predicted octanol–water partition coefficient (Wildman–Crippen LogP) is 4.05. The van der Waals surface area contributed by atoms with E-state index >= 15 is 0 Å². The fraction of sp³-hybridized carbons (Fsp3) is 0.370. The summed E-state index contributed by atoms with van der Waals surface area (Å²) in [5.74, 6) is -0.748. The van der Waals surface area contributed by atoms with Gasteiger partial charge in [0.25, 0.3) is 5.56 Å². The second-order valence-corrected chi connectivity index (χ2v) is 10.7. The van der Waals surface area contributed by atoms with Crippen LogP contribution in [0.1, 0.15) is 30.1 Å². The van der Waals surface area contributed by atoms with Gasteiger partial charge in [0.05, 0.1) is 23.0 Å². The summed E-state index contributed by atoms with van der Waals surface area (Å²) in [5, 5.41) is 0.413. The molecule has 0 aliphatic heterocycles. The average molecular weight is 624 g/mol. The highest BCUT2D eigenvalue weighted by atomic mass is 35.5. The van der Waals surface area contributed by atoms with Crippen molar-refractivity contribution < 1.29 is 27.8 Å². The number of pyridine rings is 1. The lowest BCUT2D eigenvalue weighted by Crippen LogP contribution is -2.41. The summed E-state index contributed by atoms with van der Waals surface area (Å²) < 4.78 is 45.7. The number of hydrogen-bond donors (Lipinski definition) is 0. The average Bonchev–Trinajstić information content (AvgIpc) is 3.69. The van der Waals surface area contributed by atoms with Crippen LogP contribution in [0, 0.1) is 5.92 Å². The molecular weight excluding hydrogens is 599 g/mol. The zero-order valence-corrected chi connectivity index (χ0v) is 23.9. The number of aryl methyl sites for hydroxylation is 2. The van der Waals surface area contributed by atoms with E-state index in [9.17, 15) is 23.2 Å². The monoisotopic (exact) mass is 623 g/mol. The minimum atomic E-state index is -3.08. The molecule has 4 aromatic rings. The van der Waals surface area contributed by atoms with E-state index in [0.717, 1.165) is 22.0 Å². The summed E-state index contributed by atoms with van der Waals surface area (Å²) in [4.78, 5) is 47.3. The number of nitrogens with zero attached hydrogens (tertiary/aromatic N) is 5. The maximum Gasteiger partial charge on any atom is 0.387 e. The smallest absolute Gasteiger partial charge is 0.387 e. The molecule has 3 heterocycles. The molecule has 1 saturated carbocycles. The maximum atomic E-state index is 13.3. The molecule has 222 valence electrons. The number of aromatic nitrogens is 5. The molecule has 42 heavy (non-hydrogen) atoms. The Balaban J connectivity index is 1.50. The molecule has 11 nitrogen and oxygen atoms in total. The lowest BCUT2D eigenvalue weighted by Gasteiger charge is -2.22. The summed E-state index contributed by atoms with van der Waals surface area (Å²) >= 11 is 12.7. The van der Waals surface area contributed by atoms with E-state index in [1.165, 1.54) is 48.5 Å². The third-order valence-corrected chi connectivity index (χ3v) is 7.48. The summed E-state index contributed by atoms with van der Waals surface area (Å²) in [6, 6.07) is 4.17. The molecule has 15 heteroatoms. The van der Waals surface area contributed by atoms with Crippen molar-refractivity contribution in [3.63, 3.8) is 0 Å². The molecule has 5 rings (SSSR count). The van der Waals surface area contributed by atoms with Crippen LogP contribution >= 0.6 is 23.2 Å². The van der Waals surface area contributed by atoms with Gasteiger partial charge in [-0.05, 0) is 42.0 Å². The number of hydrogen-bond acceptors (Lipinski definition) is 8. The Kier molecular flexibility index (Phi) is 8.50. The first-order valence-electron chi connectivity index (χ1n) is 12.8. The van der Waals surface area contributed by atoms with E-state index in [1.54, 1.807) is 7.05 Å². The number of carbonyl (C=O) groups is 1. The molecule has 1 unspecified atom stereocenters. The van der Waals surface area contributed by atoms with E-state index < -0.39 is 36.5 Å². The van der Waals surface area contributed by atoms with Crippen LogP contribution in [0.2, 0.25) is 10.0 Å². The minimum Gasteiger partial charge on any atom is -0.489 e. The zero-order chi connectivity index (χ0) is 30.1. The molecular formula is C27H25Cl2F2N5O6. The SMILES string of the molecule is Cn1cnc2c1c(=O)n(CC(=O)OC(Cc1c(Cl)cncc1Cl)c1ccc(OC(F)F)c(OCC3CC3)c1)c(=O)n2C. The van der Waals surface area contributed by atoms with Crippen molar-refractivity contribution in [2.75, 3.05) is 6.61 Å². The zero-order valence-electron chi connectivity index (χ0n) is 22.4. The van der Waals surface area contributed by atoms with Crippen LogP contribution in [0.25, 0.3) is 11.2 Å². The quantitative estimate of drug-likeness (QED) is 0.230. The number of halogens is 4. The van der Waals surface area contributed by atoms with Crippen molar-refractivity contribution in [1.82, 2.24) is 23.7 Å². The van der Waals surface area contributed by atoms with Crippen molar-refractivity contribution in [2.24, 2.45) is 20.0 Å². The van der Waals surface area contributed by atoms with E-state index in [1.807, 2.05) is 0 Å². The molecule has 1 aliphatic carbocycles. The van der Waals surface area contributed by atoms with Crippen LogP contribution in [0.3, 0.4) is 0 Å². The second-order valence-electron chi connectivity index (χ2n) is 9.86. The van der Waals surface area contributed by atoms with Crippen LogP contribution in [0.4, 0.5) is 8.78 Å². The summed E-state index contributed by atoms with van der Waals surface area (Å²) in [5.41, 5.74) is -0.424. The molecule has 0 bridgehead atoms. The topological polar surface area (TPSA) is 119 Å². The third kappa shape index (κ3) is 6.26. The van der Waals surface area contributed by atoms with Gasteiger partial charge in [0, 0.05) is 32.9 Å². The largest absolute Gasteiger partial charge is 0.489 e. The van der Waals surface area contributed by atoms with Gasteiger partial charge in [0.1, 0.15) is 12.6 Å². The molecule has 1 aromatic carbocycles. The van der Waals surface area contributed by atoms with Gasteiger partial charge in [-0.1, -0.05) is 29.3 Å². The molecule has 3 aromatic heterocycles. The first-order chi connectivity index (χ1) is 20.0. The van der Waals surface area contributed by atoms with Gasteiger partial charge in [-0.3, -0.25) is 19.1 Å². The van der Waals surface area contributed by atoms with E-state index in [4.69, 9.17) is 32.7 Å². The van der Waals surface area contributed by atoms with Crippen molar-refractivity contribution >= 4 is 40.3 Å². The standard InChI is InChI=1S/C27H25Cl2F2N5O6/c1-34-13-33-24-23(34)25(38)36(27(39)35(24)2)11-22(37)41-20(8-16-17(28)9-32-10-18(16)29)15-5-6-19(42-26(30)31)21(7-15)40-12-14-3-4-14/h5-7,9-10,13-14,20,26H,3-4,8,11-12H2,1-2H3. The highest BCUT2D eigenvalue weighted by Gasteiger charge is 2.26. The number of alkyl halides is 2. The molecule has 0 amide bonds. The molecule has 0 radical (unpaired) electrons. The Morgan fingerprint density at radius 1 is 1.12 bits per heavy atom. The Morgan fingerprint density at radius 2 is 1.83 bits per heavy atom. The number of rotatable bonds is 11. The lowest BCUT2D eigenvalue weighted by atomic mass is 10.0. The lowest BCUT2D eigenvalue weighted by molar-refractivity contribution is -0.150. The Morgan fingerprint density at radius 3 is 2.50 bits per heavy atom. The van der Waals surface area contributed by atoms with Crippen molar-refractivity contribution in [3.8, 4) is 11.5 Å². The van der Waals surface area contributed by atoms with Crippen molar-refractivity contribution in [2.45, 2.75) is 38.5 Å². The number of fused-ring (bicyclic) bond motifs is 1. The fourth-order valence-electron chi connectivity index (χ4n) is 4.43. The first-order valence-corrected chi connectivity index (χ1v) is 13.6. The van der Waals surface area contributed by atoms with E-state index in [-0.39, 0.29) is 39.1 Å². The third-order valence-electron chi connectivity index (χ3n) is 6.83. The van der Waals surface area contributed by atoms with Crippen LogP contribution in [0.15, 0.2) is 46.5 Å². The first kappa shape index (κ1) is 29.5. The molecule has 1 aliphatic rings. The maximum absolute atomic E-state index is 13.3. The Labute approximate surface area is 247 Å². The summed E-state index contributed by atoms with van der Waals surface area (Å²) in [6.45, 7) is -3.49. The predicted molar refractivity (Wildman–Crippen MR) is 148 cm³/mol. The Bertz CT molecular complexity index is 1750.